The molecular formula is C25H27N5O3S. The number of hydrogen-bond donors (Lipinski definition) is 1. The molecule has 34 heavy (non-hydrogen) atoms. The van der Waals surface area contributed by atoms with Gasteiger partial charge in [0, 0.05) is 55.5 Å². The van der Waals surface area contributed by atoms with E-state index in [1.807, 2.05) is 12.1 Å². The zero-order valence-electron chi connectivity index (χ0n) is 19.2. The second-order valence-electron chi connectivity index (χ2n) is 7.83. The van der Waals surface area contributed by atoms with E-state index >= 15 is 0 Å². The number of piperazine rings is 1. The van der Waals surface area contributed by atoms with Gasteiger partial charge in [0.1, 0.15) is 10.8 Å². The van der Waals surface area contributed by atoms with Gasteiger partial charge in [-0.15, -0.1) is 0 Å². The van der Waals surface area contributed by atoms with E-state index in [1.165, 1.54) is 24.4 Å². The molecule has 8 nitrogen and oxygen atoms in total. The van der Waals surface area contributed by atoms with Crippen LogP contribution in [-0.2, 0) is 4.79 Å². The summed E-state index contributed by atoms with van der Waals surface area (Å²) in [7, 11) is 1.67. The summed E-state index contributed by atoms with van der Waals surface area (Å²) in [5, 5.41) is 3.60. The minimum atomic E-state index is -0.137. The van der Waals surface area contributed by atoms with Crippen LogP contribution in [0.4, 0.5) is 17.2 Å². The Hall–Kier alpha value is -3.59. The van der Waals surface area contributed by atoms with Crippen LogP contribution in [0.5, 0.6) is 5.75 Å². The Labute approximate surface area is 203 Å². The van der Waals surface area contributed by atoms with Gasteiger partial charge in [0.25, 0.3) is 0 Å². The lowest BCUT2D eigenvalue weighted by Crippen LogP contribution is -2.47. The smallest absolute Gasteiger partial charge is 0.234 e. The second kappa shape index (κ2) is 11.0. The lowest BCUT2D eigenvalue weighted by atomic mass is 10.1. The molecular weight excluding hydrogens is 450 g/mol. The number of aromatic nitrogens is 2. The van der Waals surface area contributed by atoms with Gasteiger partial charge in [-0.2, -0.15) is 0 Å². The third-order valence-corrected chi connectivity index (χ3v) is 6.55. The lowest BCUT2D eigenvalue weighted by Gasteiger charge is -2.37. The molecule has 1 aromatic heterocycles. The fraction of sp³-hybridized carbons (Fsp3) is 0.280. The molecule has 1 fully saturated rings. The molecule has 176 valence electrons. The number of thioether (sulfide) groups is 1. The predicted octanol–water partition coefficient (Wildman–Crippen LogP) is 3.75. The number of amides is 1. The van der Waals surface area contributed by atoms with Crippen molar-refractivity contribution in [3.63, 3.8) is 0 Å². The minimum absolute atomic E-state index is 0.00607. The maximum absolute atomic E-state index is 12.5. The van der Waals surface area contributed by atoms with Gasteiger partial charge in [0.05, 0.1) is 12.9 Å². The first kappa shape index (κ1) is 23.6. The van der Waals surface area contributed by atoms with Crippen molar-refractivity contribution in [3.8, 4) is 5.75 Å². The highest BCUT2D eigenvalue weighted by Crippen LogP contribution is 2.28. The normalized spacial score (nSPS) is 13.5. The summed E-state index contributed by atoms with van der Waals surface area (Å²) in [6.45, 7) is 4.87. The topological polar surface area (TPSA) is 87.7 Å². The van der Waals surface area contributed by atoms with Crippen LogP contribution in [0.3, 0.4) is 0 Å². The summed E-state index contributed by atoms with van der Waals surface area (Å²) >= 11 is 1.37. The van der Waals surface area contributed by atoms with E-state index < -0.39 is 0 Å². The summed E-state index contributed by atoms with van der Waals surface area (Å²) in [4.78, 5) is 37.4. The van der Waals surface area contributed by atoms with E-state index in [2.05, 4.69) is 37.2 Å². The Bertz CT molecular complexity index is 1130. The van der Waals surface area contributed by atoms with Crippen LogP contribution in [0.15, 0.2) is 66.0 Å². The van der Waals surface area contributed by atoms with Gasteiger partial charge in [-0.25, -0.2) is 9.97 Å². The van der Waals surface area contributed by atoms with E-state index in [4.69, 9.17) is 4.74 Å². The lowest BCUT2D eigenvalue weighted by molar-refractivity contribution is -0.113. The number of carbonyl (C=O) groups is 2. The van der Waals surface area contributed by atoms with E-state index in [-0.39, 0.29) is 17.4 Å². The Morgan fingerprint density at radius 3 is 2.24 bits per heavy atom. The maximum Gasteiger partial charge on any atom is 0.234 e. The Morgan fingerprint density at radius 2 is 1.59 bits per heavy atom. The highest BCUT2D eigenvalue weighted by Gasteiger charge is 2.22. The highest BCUT2D eigenvalue weighted by atomic mass is 32.2. The number of ether oxygens (including phenoxy) is 1. The zero-order valence-corrected chi connectivity index (χ0v) is 20.0. The first-order chi connectivity index (χ1) is 16.5. The Morgan fingerprint density at radius 1 is 0.941 bits per heavy atom. The number of nitrogens with zero attached hydrogens (tertiary/aromatic N) is 4. The first-order valence-electron chi connectivity index (χ1n) is 11.0. The van der Waals surface area contributed by atoms with Crippen molar-refractivity contribution in [2.75, 3.05) is 54.2 Å². The number of benzene rings is 2. The van der Waals surface area contributed by atoms with Crippen molar-refractivity contribution in [2.45, 2.75) is 11.9 Å². The fourth-order valence-corrected chi connectivity index (χ4v) is 4.51. The molecule has 0 atom stereocenters. The van der Waals surface area contributed by atoms with Crippen molar-refractivity contribution in [2.24, 2.45) is 0 Å². The van der Waals surface area contributed by atoms with Gasteiger partial charge >= 0.3 is 0 Å². The molecule has 0 bridgehead atoms. The number of nitrogens with one attached hydrogen (secondary N) is 1. The number of rotatable bonds is 8. The molecule has 0 aliphatic carbocycles. The number of anilines is 3. The van der Waals surface area contributed by atoms with Crippen LogP contribution in [0.2, 0.25) is 0 Å². The van der Waals surface area contributed by atoms with Crippen LogP contribution in [0, 0.1) is 0 Å². The van der Waals surface area contributed by atoms with Gasteiger partial charge < -0.3 is 19.9 Å². The van der Waals surface area contributed by atoms with Gasteiger partial charge in [-0.3, -0.25) is 9.59 Å². The van der Waals surface area contributed by atoms with Crippen LogP contribution in [0.25, 0.3) is 0 Å². The van der Waals surface area contributed by atoms with Gasteiger partial charge in [-0.05, 0) is 55.5 Å². The molecule has 1 N–H and O–H groups in total. The van der Waals surface area contributed by atoms with Gasteiger partial charge in [-0.1, -0.05) is 11.8 Å². The van der Waals surface area contributed by atoms with Crippen LogP contribution in [-0.4, -0.2) is 60.7 Å². The van der Waals surface area contributed by atoms with Crippen LogP contribution >= 0.6 is 11.8 Å². The van der Waals surface area contributed by atoms with Crippen LogP contribution < -0.4 is 19.9 Å². The quantitative estimate of drug-likeness (QED) is 0.388. The van der Waals surface area contributed by atoms with Crippen molar-refractivity contribution in [1.82, 2.24) is 9.97 Å². The second-order valence-corrected chi connectivity index (χ2v) is 8.79. The molecule has 4 rings (SSSR count). The molecule has 1 saturated heterocycles. The zero-order chi connectivity index (χ0) is 23.9. The van der Waals surface area contributed by atoms with E-state index in [0.717, 1.165) is 42.8 Å². The minimum Gasteiger partial charge on any atom is -0.497 e. The SMILES string of the molecule is COc1ccc(N2CCN(c3nccnc3SCC(=O)Nc3ccc(C(C)=O)cc3)CC2)cc1. The first-order valence-corrected chi connectivity index (χ1v) is 12.0. The molecule has 0 saturated carbocycles. The number of carbonyl (C=O) groups excluding carboxylic acids is 2. The Kier molecular flexibility index (Phi) is 7.64. The fourth-order valence-electron chi connectivity index (χ4n) is 3.73. The third-order valence-electron chi connectivity index (χ3n) is 5.58. The molecule has 0 radical (unpaired) electrons. The molecule has 3 aromatic rings. The summed E-state index contributed by atoms with van der Waals surface area (Å²) in [5.74, 6) is 1.72. The van der Waals surface area contributed by atoms with Crippen molar-refractivity contribution < 1.29 is 14.3 Å². The third kappa shape index (κ3) is 5.85. The molecule has 1 amide bonds. The monoisotopic (exact) mass is 477 g/mol. The molecule has 1 aliphatic heterocycles. The number of methoxy groups -OCH3 is 1. The summed E-state index contributed by atoms with van der Waals surface area (Å²) < 4.78 is 5.25. The largest absolute Gasteiger partial charge is 0.497 e. The van der Waals surface area contributed by atoms with Gasteiger partial charge in [0.15, 0.2) is 11.6 Å². The van der Waals surface area contributed by atoms with Crippen LogP contribution in [0.1, 0.15) is 17.3 Å². The number of Topliss-reactive ketones (excluding diaryl/α,β-unsaturated/α-hetero) is 1. The molecule has 9 heteroatoms. The van der Waals surface area contributed by atoms with Crippen molar-refractivity contribution in [1.29, 1.82) is 0 Å². The summed E-state index contributed by atoms with van der Waals surface area (Å²) in [6.07, 6.45) is 3.34. The Balaban J connectivity index is 1.33. The number of hydrogen-bond acceptors (Lipinski definition) is 8. The summed E-state index contributed by atoms with van der Waals surface area (Å²) in [5.41, 5.74) is 2.44. The molecule has 1 aliphatic rings. The predicted molar refractivity (Wildman–Crippen MR) is 135 cm³/mol. The average Bonchev–Trinajstić information content (AvgIpc) is 2.88. The van der Waals surface area contributed by atoms with E-state index in [1.54, 1.807) is 43.8 Å². The molecule has 0 unspecified atom stereocenters. The van der Waals surface area contributed by atoms with Crippen molar-refractivity contribution in [3.05, 3.63) is 66.5 Å². The summed E-state index contributed by atoms with van der Waals surface area (Å²) in [6, 6.07) is 15.0. The van der Waals surface area contributed by atoms with E-state index in [0.29, 0.717) is 11.3 Å². The average molecular weight is 478 g/mol. The highest BCUT2D eigenvalue weighted by molar-refractivity contribution is 8.00. The standard InChI is InChI=1S/C25H27N5O3S/c1-18(31)19-3-5-20(6-4-19)28-23(32)17-34-25-24(26-11-12-27-25)30-15-13-29(14-16-30)21-7-9-22(33-2)10-8-21/h3-12H,13-17H2,1-2H3,(H,28,32). The molecule has 2 aromatic carbocycles. The van der Waals surface area contributed by atoms with Gasteiger partial charge in [0.2, 0.25) is 5.91 Å². The molecule has 0 spiro atoms. The molecule has 2 heterocycles. The van der Waals surface area contributed by atoms with E-state index in [9.17, 15) is 9.59 Å². The maximum atomic E-state index is 12.5. The number of ketones is 1. The van der Waals surface area contributed by atoms with Crippen molar-refractivity contribution >= 4 is 40.6 Å².